The summed E-state index contributed by atoms with van der Waals surface area (Å²) in [7, 11) is 0. The highest BCUT2D eigenvalue weighted by atomic mass is 32.1. The Kier molecular flexibility index (Phi) is 6.82. The zero-order valence-corrected chi connectivity index (χ0v) is 16.2. The molecule has 1 amide bonds. The maximum atomic E-state index is 11.9. The van der Waals surface area contributed by atoms with Crippen LogP contribution in [0.3, 0.4) is 0 Å². The van der Waals surface area contributed by atoms with Crippen molar-refractivity contribution < 1.29 is 9.53 Å². The van der Waals surface area contributed by atoms with Crippen LogP contribution in [0.2, 0.25) is 0 Å². The molecule has 0 aromatic heterocycles. The summed E-state index contributed by atoms with van der Waals surface area (Å²) in [6, 6.07) is 6.03. The van der Waals surface area contributed by atoms with Crippen LogP contribution in [0, 0.1) is 6.92 Å². The number of thiocarbonyl (C=S) groups is 1. The van der Waals surface area contributed by atoms with Crippen molar-refractivity contribution in [3.05, 3.63) is 23.8 Å². The average molecular weight is 377 g/mol. The average Bonchev–Trinajstić information content (AvgIpc) is 3.06. The maximum Gasteiger partial charge on any atom is 0.227 e. The molecule has 0 radical (unpaired) electrons. The van der Waals surface area contributed by atoms with Crippen LogP contribution in [-0.4, -0.2) is 61.9 Å². The van der Waals surface area contributed by atoms with Gasteiger partial charge in [-0.15, -0.1) is 0 Å². The van der Waals surface area contributed by atoms with E-state index in [0.717, 1.165) is 75.7 Å². The molecule has 2 heterocycles. The highest BCUT2D eigenvalue weighted by molar-refractivity contribution is 7.80. The van der Waals surface area contributed by atoms with Crippen LogP contribution in [0.25, 0.3) is 0 Å². The lowest BCUT2D eigenvalue weighted by atomic mass is 10.1. The van der Waals surface area contributed by atoms with Gasteiger partial charge in [-0.25, -0.2) is 0 Å². The van der Waals surface area contributed by atoms with E-state index in [1.165, 1.54) is 0 Å². The molecule has 0 unspecified atom stereocenters. The zero-order valence-electron chi connectivity index (χ0n) is 15.4. The van der Waals surface area contributed by atoms with Crippen LogP contribution < -0.4 is 15.5 Å². The van der Waals surface area contributed by atoms with Crippen molar-refractivity contribution in [2.75, 3.05) is 56.2 Å². The van der Waals surface area contributed by atoms with E-state index in [9.17, 15) is 4.79 Å². The Morgan fingerprint density at radius 2 is 2.08 bits per heavy atom. The molecule has 7 heteroatoms. The third-order valence-corrected chi connectivity index (χ3v) is 5.11. The van der Waals surface area contributed by atoms with Crippen LogP contribution in [-0.2, 0) is 9.53 Å². The van der Waals surface area contributed by atoms with Gasteiger partial charge in [0.2, 0.25) is 5.91 Å². The number of rotatable bonds is 6. The number of hydrogen-bond acceptors (Lipinski definition) is 4. The van der Waals surface area contributed by atoms with Gasteiger partial charge in [0.1, 0.15) is 0 Å². The summed E-state index contributed by atoms with van der Waals surface area (Å²) in [5.74, 6) is 0.214. The summed E-state index contributed by atoms with van der Waals surface area (Å²) in [6.07, 6.45) is 2.64. The molecule has 142 valence electrons. The molecule has 1 aromatic carbocycles. The van der Waals surface area contributed by atoms with Gasteiger partial charge in [0, 0.05) is 44.0 Å². The van der Waals surface area contributed by atoms with Gasteiger partial charge in [-0.3, -0.25) is 9.69 Å². The summed E-state index contributed by atoms with van der Waals surface area (Å²) in [5.41, 5.74) is 3.03. The lowest BCUT2D eigenvalue weighted by Gasteiger charge is -2.26. The number of ether oxygens (including phenoxy) is 1. The molecule has 2 aliphatic rings. The molecule has 0 saturated carbocycles. The Hall–Kier alpha value is -1.70. The molecule has 0 aliphatic carbocycles. The second kappa shape index (κ2) is 9.30. The van der Waals surface area contributed by atoms with Crippen LogP contribution in [0.5, 0.6) is 0 Å². The monoisotopic (exact) mass is 376 g/mol. The fraction of sp³-hybridized carbons (Fsp3) is 0.579. The fourth-order valence-electron chi connectivity index (χ4n) is 3.44. The van der Waals surface area contributed by atoms with Gasteiger partial charge in [-0.05, 0) is 62.3 Å². The summed E-state index contributed by atoms with van der Waals surface area (Å²) in [6.45, 7) is 8.49. The Balaban J connectivity index is 1.42. The van der Waals surface area contributed by atoms with E-state index in [1.54, 1.807) is 0 Å². The second-order valence-corrected chi connectivity index (χ2v) is 7.25. The summed E-state index contributed by atoms with van der Waals surface area (Å²) < 4.78 is 5.36. The lowest BCUT2D eigenvalue weighted by molar-refractivity contribution is -0.117. The van der Waals surface area contributed by atoms with Crippen molar-refractivity contribution in [1.29, 1.82) is 0 Å². The molecule has 6 nitrogen and oxygen atoms in total. The molecular formula is C19H28N4O2S. The standard InChI is InChI=1S/C19H28N4O2S/c1-15-14-16(5-6-17(15)23-9-2-4-18(23)24)21-19(26)20-7-3-8-22-10-12-25-13-11-22/h5-6,14H,2-4,7-13H2,1H3,(H2,20,21,26). The minimum Gasteiger partial charge on any atom is -0.379 e. The molecule has 3 rings (SSSR count). The normalized spacial score (nSPS) is 18.2. The first-order chi connectivity index (χ1) is 12.6. The van der Waals surface area contributed by atoms with E-state index in [0.29, 0.717) is 11.5 Å². The number of nitrogens with one attached hydrogen (secondary N) is 2. The predicted molar refractivity (Wildman–Crippen MR) is 109 cm³/mol. The fourth-order valence-corrected chi connectivity index (χ4v) is 3.66. The number of carbonyl (C=O) groups is 1. The first-order valence-electron chi connectivity index (χ1n) is 9.39. The highest BCUT2D eigenvalue weighted by Gasteiger charge is 2.22. The van der Waals surface area contributed by atoms with Crippen LogP contribution in [0.4, 0.5) is 11.4 Å². The van der Waals surface area contributed by atoms with E-state index < -0.39 is 0 Å². The van der Waals surface area contributed by atoms with Gasteiger partial charge < -0.3 is 20.3 Å². The van der Waals surface area contributed by atoms with Crippen LogP contribution >= 0.6 is 12.2 Å². The Morgan fingerprint density at radius 3 is 2.77 bits per heavy atom. The number of morpholine rings is 1. The van der Waals surface area contributed by atoms with Crippen molar-refractivity contribution >= 4 is 34.6 Å². The molecular weight excluding hydrogens is 348 g/mol. The number of hydrogen-bond donors (Lipinski definition) is 2. The quantitative estimate of drug-likeness (QED) is 0.586. The molecule has 2 fully saturated rings. The molecule has 2 N–H and O–H groups in total. The third kappa shape index (κ3) is 5.16. The SMILES string of the molecule is Cc1cc(NC(=S)NCCCN2CCOCC2)ccc1N1CCCC1=O. The first-order valence-corrected chi connectivity index (χ1v) is 9.80. The summed E-state index contributed by atoms with van der Waals surface area (Å²) in [4.78, 5) is 16.2. The lowest BCUT2D eigenvalue weighted by Crippen LogP contribution is -2.38. The molecule has 0 spiro atoms. The number of anilines is 2. The summed E-state index contributed by atoms with van der Waals surface area (Å²) in [5, 5.41) is 7.13. The van der Waals surface area contributed by atoms with Gasteiger partial charge in [0.15, 0.2) is 5.11 Å². The maximum absolute atomic E-state index is 11.9. The minimum absolute atomic E-state index is 0.214. The van der Waals surface area contributed by atoms with E-state index in [4.69, 9.17) is 17.0 Å². The van der Waals surface area contributed by atoms with Gasteiger partial charge in [0.05, 0.1) is 13.2 Å². The number of aryl methyl sites for hydroxylation is 1. The molecule has 1 aromatic rings. The molecule has 26 heavy (non-hydrogen) atoms. The van der Waals surface area contributed by atoms with E-state index >= 15 is 0 Å². The van der Waals surface area contributed by atoms with Crippen LogP contribution in [0.1, 0.15) is 24.8 Å². The van der Waals surface area contributed by atoms with E-state index in [1.807, 2.05) is 30.0 Å². The number of carbonyl (C=O) groups excluding carboxylic acids is 1. The van der Waals surface area contributed by atoms with Crippen molar-refractivity contribution in [3.63, 3.8) is 0 Å². The topological polar surface area (TPSA) is 56.8 Å². The number of nitrogens with zero attached hydrogens (tertiary/aromatic N) is 2. The van der Waals surface area contributed by atoms with E-state index in [2.05, 4.69) is 15.5 Å². The van der Waals surface area contributed by atoms with Crippen molar-refractivity contribution in [1.82, 2.24) is 10.2 Å². The number of benzene rings is 1. The van der Waals surface area contributed by atoms with Gasteiger partial charge in [-0.1, -0.05) is 0 Å². The third-order valence-electron chi connectivity index (χ3n) is 4.86. The molecule has 0 atom stereocenters. The van der Waals surface area contributed by atoms with Gasteiger partial charge in [-0.2, -0.15) is 0 Å². The van der Waals surface area contributed by atoms with E-state index in [-0.39, 0.29) is 5.91 Å². The smallest absolute Gasteiger partial charge is 0.227 e. The Morgan fingerprint density at radius 1 is 1.27 bits per heavy atom. The van der Waals surface area contributed by atoms with Gasteiger partial charge in [0.25, 0.3) is 0 Å². The Bertz CT molecular complexity index is 646. The minimum atomic E-state index is 0.214. The van der Waals surface area contributed by atoms with Crippen molar-refractivity contribution in [2.24, 2.45) is 0 Å². The summed E-state index contributed by atoms with van der Waals surface area (Å²) >= 11 is 5.39. The van der Waals surface area contributed by atoms with Crippen molar-refractivity contribution in [2.45, 2.75) is 26.2 Å². The molecule has 2 aliphatic heterocycles. The second-order valence-electron chi connectivity index (χ2n) is 6.84. The predicted octanol–water partition coefficient (Wildman–Crippen LogP) is 2.13. The highest BCUT2D eigenvalue weighted by Crippen LogP contribution is 2.27. The van der Waals surface area contributed by atoms with Crippen molar-refractivity contribution in [3.8, 4) is 0 Å². The largest absolute Gasteiger partial charge is 0.379 e. The number of amides is 1. The van der Waals surface area contributed by atoms with Gasteiger partial charge >= 0.3 is 0 Å². The first kappa shape index (κ1) is 19.1. The Labute approximate surface area is 160 Å². The molecule has 2 saturated heterocycles. The zero-order chi connectivity index (χ0) is 18.4. The molecule has 0 bridgehead atoms. The van der Waals surface area contributed by atoms with Crippen LogP contribution in [0.15, 0.2) is 18.2 Å².